The third kappa shape index (κ3) is 1.91. The number of carbonyl (C=O) groups excluding carboxylic acids is 1. The average Bonchev–Trinajstić information content (AvgIpc) is 2.72. The average molecular weight is 282 g/mol. The Labute approximate surface area is 123 Å². The molecule has 0 aromatic heterocycles. The van der Waals surface area contributed by atoms with Crippen LogP contribution in [0.4, 0.5) is 0 Å². The maximum atomic E-state index is 12.6. The number of aromatic hydroxyl groups is 1. The van der Waals surface area contributed by atoms with Crippen molar-refractivity contribution in [1.29, 1.82) is 0 Å². The number of hydrogen-bond donors (Lipinski definition) is 2. The van der Waals surface area contributed by atoms with Crippen LogP contribution >= 0.6 is 0 Å². The van der Waals surface area contributed by atoms with E-state index in [9.17, 15) is 9.90 Å². The number of fused-ring (bicyclic) bond motifs is 1. The first-order valence-corrected chi connectivity index (χ1v) is 7.09. The molecule has 1 unspecified atom stereocenters. The molecule has 2 aromatic rings. The van der Waals surface area contributed by atoms with Gasteiger partial charge >= 0.3 is 0 Å². The Morgan fingerprint density at radius 3 is 2.48 bits per heavy atom. The Morgan fingerprint density at radius 2 is 1.81 bits per heavy atom. The lowest BCUT2D eigenvalue weighted by Crippen LogP contribution is -2.52. The fraction of sp³-hybridized carbons (Fsp3) is 0.235. The van der Waals surface area contributed by atoms with Crippen LogP contribution in [-0.4, -0.2) is 22.5 Å². The number of phenols is 1. The normalized spacial score (nSPS) is 20.7. The van der Waals surface area contributed by atoms with E-state index in [1.54, 1.807) is 29.2 Å². The van der Waals surface area contributed by atoms with Crippen LogP contribution in [0.15, 0.2) is 48.5 Å². The van der Waals surface area contributed by atoms with E-state index in [0.717, 1.165) is 17.5 Å². The first kappa shape index (κ1) is 13.6. The van der Waals surface area contributed by atoms with Crippen LogP contribution in [-0.2, 0) is 5.66 Å². The van der Waals surface area contributed by atoms with Crippen molar-refractivity contribution < 1.29 is 9.90 Å². The van der Waals surface area contributed by atoms with E-state index in [1.165, 1.54) is 0 Å². The fourth-order valence-corrected chi connectivity index (χ4v) is 2.98. The van der Waals surface area contributed by atoms with Crippen LogP contribution in [0.2, 0.25) is 0 Å². The highest BCUT2D eigenvalue weighted by Crippen LogP contribution is 2.40. The van der Waals surface area contributed by atoms with Gasteiger partial charge in [0, 0.05) is 17.7 Å². The Kier molecular flexibility index (Phi) is 3.18. The van der Waals surface area contributed by atoms with Gasteiger partial charge in [-0.25, -0.2) is 0 Å². The van der Waals surface area contributed by atoms with E-state index in [1.807, 2.05) is 31.2 Å². The summed E-state index contributed by atoms with van der Waals surface area (Å²) in [5.74, 6) is 0.144. The van der Waals surface area contributed by atoms with Crippen LogP contribution in [0, 0.1) is 0 Å². The van der Waals surface area contributed by atoms with Crippen LogP contribution < -0.4 is 5.73 Å². The van der Waals surface area contributed by atoms with Gasteiger partial charge in [-0.15, -0.1) is 0 Å². The van der Waals surface area contributed by atoms with Gasteiger partial charge in [0.25, 0.3) is 5.91 Å². The molecule has 1 atom stereocenters. The highest BCUT2D eigenvalue weighted by atomic mass is 16.3. The molecule has 3 N–H and O–H groups in total. The third-order valence-corrected chi connectivity index (χ3v) is 3.99. The lowest BCUT2D eigenvalue weighted by Gasteiger charge is -2.36. The molecule has 2 aromatic carbocycles. The minimum absolute atomic E-state index is 0.0389. The molecular weight excluding hydrogens is 264 g/mol. The summed E-state index contributed by atoms with van der Waals surface area (Å²) in [5, 5.41) is 9.48. The molecule has 4 nitrogen and oxygen atoms in total. The molecule has 0 aliphatic carbocycles. The molecule has 0 saturated heterocycles. The summed E-state index contributed by atoms with van der Waals surface area (Å²) in [7, 11) is 0. The molecule has 0 fully saturated rings. The summed E-state index contributed by atoms with van der Waals surface area (Å²) >= 11 is 0. The summed E-state index contributed by atoms with van der Waals surface area (Å²) in [4.78, 5) is 14.4. The first-order chi connectivity index (χ1) is 10.1. The largest absolute Gasteiger partial charge is 0.508 e. The molecule has 0 saturated carbocycles. The van der Waals surface area contributed by atoms with Crippen molar-refractivity contribution in [1.82, 2.24) is 4.90 Å². The Bertz CT molecular complexity index is 681. The predicted octanol–water partition coefficient (Wildman–Crippen LogP) is 2.42. The van der Waals surface area contributed by atoms with Crippen molar-refractivity contribution in [2.45, 2.75) is 19.0 Å². The predicted molar refractivity (Wildman–Crippen MR) is 80.8 cm³/mol. The number of hydrogen-bond acceptors (Lipinski definition) is 3. The molecule has 0 spiro atoms. The summed E-state index contributed by atoms with van der Waals surface area (Å²) < 4.78 is 0. The van der Waals surface area contributed by atoms with Gasteiger partial charge in [-0.1, -0.05) is 37.3 Å². The van der Waals surface area contributed by atoms with Crippen molar-refractivity contribution in [2.24, 2.45) is 5.73 Å². The molecule has 3 rings (SSSR count). The van der Waals surface area contributed by atoms with Crippen molar-refractivity contribution in [3.8, 4) is 5.75 Å². The second-order valence-corrected chi connectivity index (χ2v) is 5.32. The maximum absolute atomic E-state index is 12.6. The van der Waals surface area contributed by atoms with Gasteiger partial charge in [0.05, 0.1) is 0 Å². The molecule has 1 amide bonds. The summed E-state index contributed by atoms with van der Waals surface area (Å²) in [6.45, 7) is 2.61. The summed E-state index contributed by atoms with van der Waals surface area (Å²) in [6, 6.07) is 14.2. The van der Waals surface area contributed by atoms with E-state index in [0.29, 0.717) is 12.1 Å². The quantitative estimate of drug-likeness (QED) is 0.908. The van der Waals surface area contributed by atoms with Gasteiger partial charge < -0.3 is 15.7 Å². The fourth-order valence-electron chi connectivity index (χ4n) is 2.98. The molecule has 1 aliphatic heterocycles. The van der Waals surface area contributed by atoms with Crippen molar-refractivity contribution in [3.63, 3.8) is 0 Å². The molecule has 4 heteroatoms. The smallest absolute Gasteiger partial charge is 0.256 e. The van der Waals surface area contributed by atoms with E-state index in [4.69, 9.17) is 5.73 Å². The van der Waals surface area contributed by atoms with Crippen LogP contribution in [0.25, 0.3) is 0 Å². The third-order valence-electron chi connectivity index (χ3n) is 3.99. The Hall–Kier alpha value is -2.33. The highest BCUT2D eigenvalue weighted by molar-refractivity contribution is 6.00. The molecule has 0 bridgehead atoms. The highest BCUT2D eigenvalue weighted by Gasteiger charge is 2.47. The monoisotopic (exact) mass is 282 g/mol. The number of phenolic OH excluding ortho intramolecular Hbond substituents is 1. The Balaban J connectivity index is 2.21. The zero-order valence-corrected chi connectivity index (χ0v) is 11.9. The molecule has 108 valence electrons. The number of rotatable bonds is 3. The molecule has 0 radical (unpaired) electrons. The molecule has 1 aliphatic rings. The van der Waals surface area contributed by atoms with E-state index < -0.39 is 5.66 Å². The summed E-state index contributed by atoms with van der Waals surface area (Å²) in [5.41, 5.74) is 7.98. The van der Waals surface area contributed by atoms with Gasteiger partial charge in [0.2, 0.25) is 0 Å². The van der Waals surface area contributed by atoms with Crippen LogP contribution in [0.3, 0.4) is 0 Å². The number of benzene rings is 2. The van der Waals surface area contributed by atoms with E-state index in [2.05, 4.69) is 0 Å². The topological polar surface area (TPSA) is 66.6 Å². The van der Waals surface area contributed by atoms with Crippen molar-refractivity contribution in [3.05, 3.63) is 65.2 Å². The molecule has 1 heterocycles. The second-order valence-electron chi connectivity index (χ2n) is 5.32. The zero-order valence-electron chi connectivity index (χ0n) is 11.9. The number of nitrogens with two attached hydrogens (primary N) is 1. The maximum Gasteiger partial charge on any atom is 0.256 e. The minimum atomic E-state index is -0.975. The lowest BCUT2D eigenvalue weighted by molar-refractivity contribution is 0.0633. The number of amides is 1. The van der Waals surface area contributed by atoms with Gasteiger partial charge in [0.15, 0.2) is 0 Å². The van der Waals surface area contributed by atoms with Crippen molar-refractivity contribution in [2.75, 3.05) is 6.54 Å². The molecule has 21 heavy (non-hydrogen) atoms. The standard InChI is InChI=1S/C17H18N2O2/c1-2-11-19-16(21)14-5-3-4-6-15(14)17(19,18)12-7-9-13(20)10-8-12/h3-10,20H,2,11,18H2,1H3. The number of nitrogens with zero attached hydrogens (tertiary/aromatic N) is 1. The van der Waals surface area contributed by atoms with Gasteiger partial charge in [-0.05, 0) is 30.2 Å². The van der Waals surface area contributed by atoms with E-state index in [-0.39, 0.29) is 11.7 Å². The lowest BCUT2D eigenvalue weighted by atomic mass is 9.91. The van der Waals surface area contributed by atoms with Gasteiger partial charge in [-0.2, -0.15) is 0 Å². The first-order valence-electron chi connectivity index (χ1n) is 7.09. The van der Waals surface area contributed by atoms with E-state index >= 15 is 0 Å². The van der Waals surface area contributed by atoms with Gasteiger partial charge in [0.1, 0.15) is 11.4 Å². The SMILES string of the molecule is CCCN1C(=O)c2ccccc2C1(N)c1ccc(O)cc1. The minimum Gasteiger partial charge on any atom is -0.508 e. The molecular formula is C17H18N2O2. The zero-order chi connectivity index (χ0) is 15.0. The van der Waals surface area contributed by atoms with Crippen LogP contribution in [0.1, 0.15) is 34.8 Å². The number of carbonyl (C=O) groups is 1. The second kappa shape index (κ2) is 4.90. The van der Waals surface area contributed by atoms with Crippen molar-refractivity contribution >= 4 is 5.91 Å². The Morgan fingerprint density at radius 1 is 1.14 bits per heavy atom. The van der Waals surface area contributed by atoms with Crippen LogP contribution in [0.5, 0.6) is 5.75 Å². The van der Waals surface area contributed by atoms with Gasteiger partial charge in [-0.3, -0.25) is 4.79 Å². The summed E-state index contributed by atoms with van der Waals surface area (Å²) in [6.07, 6.45) is 0.830.